The van der Waals surface area contributed by atoms with Crippen molar-refractivity contribution < 1.29 is 4.79 Å². The maximum Gasteiger partial charge on any atom is 0.225 e. The van der Waals surface area contributed by atoms with Crippen LogP contribution in [0.3, 0.4) is 0 Å². The van der Waals surface area contributed by atoms with Crippen molar-refractivity contribution in [2.45, 2.75) is 45.7 Å². The monoisotopic (exact) mass is 326 g/mol. The summed E-state index contributed by atoms with van der Waals surface area (Å²) in [4.78, 5) is 18.8. The predicted octanol–water partition coefficient (Wildman–Crippen LogP) is 2.38. The van der Waals surface area contributed by atoms with Crippen molar-refractivity contribution >= 4 is 11.6 Å². The number of nitrogens with zero attached hydrogens (tertiary/aromatic N) is 3. The molecule has 1 aliphatic heterocycles. The van der Waals surface area contributed by atoms with Crippen LogP contribution in [-0.2, 0) is 11.3 Å². The summed E-state index contributed by atoms with van der Waals surface area (Å²) in [6.45, 7) is 6.94. The third kappa shape index (κ3) is 3.05. The molecule has 0 bridgehead atoms. The zero-order valence-electron chi connectivity index (χ0n) is 14.5. The van der Waals surface area contributed by atoms with Crippen LogP contribution < -0.4 is 5.32 Å². The molecule has 128 valence electrons. The van der Waals surface area contributed by atoms with Gasteiger partial charge in [0, 0.05) is 37.8 Å². The first-order valence-electron chi connectivity index (χ1n) is 9.06. The summed E-state index contributed by atoms with van der Waals surface area (Å²) in [5.74, 6) is 1.21. The van der Waals surface area contributed by atoms with E-state index in [1.54, 1.807) is 0 Å². The van der Waals surface area contributed by atoms with Crippen LogP contribution in [0.15, 0.2) is 24.5 Å². The van der Waals surface area contributed by atoms with E-state index in [2.05, 4.69) is 51.8 Å². The van der Waals surface area contributed by atoms with Crippen LogP contribution in [0.5, 0.6) is 0 Å². The second-order valence-electron chi connectivity index (χ2n) is 7.49. The lowest BCUT2D eigenvalue weighted by atomic mass is 9.93. The molecule has 4 rings (SSSR count). The zero-order chi connectivity index (χ0) is 16.7. The van der Waals surface area contributed by atoms with Gasteiger partial charge in [0.1, 0.15) is 5.65 Å². The Morgan fingerprint density at radius 1 is 1.38 bits per heavy atom. The summed E-state index contributed by atoms with van der Waals surface area (Å²) < 4.78 is 2.15. The van der Waals surface area contributed by atoms with E-state index in [1.165, 1.54) is 11.3 Å². The number of amides is 1. The Kier molecular flexibility index (Phi) is 4.04. The van der Waals surface area contributed by atoms with E-state index in [-0.39, 0.29) is 0 Å². The van der Waals surface area contributed by atoms with E-state index in [4.69, 9.17) is 0 Å². The molecular formula is C19H26N4O. The molecule has 0 unspecified atom stereocenters. The smallest absolute Gasteiger partial charge is 0.225 e. The molecular weight excluding hydrogens is 300 g/mol. The molecule has 5 nitrogen and oxygen atoms in total. The number of imidazole rings is 1. The van der Waals surface area contributed by atoms with Gasteiger partial charge < -0.3 is 14.6 Å². The number of hydrogen-bond donors (Lipinski definition) is 1. The van der Waals surface area contributed by atoms with Crippen molar-refractivity contribution in [1.82, 2.24) is 19.6 Å². The minimum atomic E-state index is 0.336. The van der Waals surface area contributed by atoms with Gasteiger partial charge in [-0.15, -0.1) is 0 Å². The molecule has 0 radical (unpaired) electrons. The number of piperidine rings is 1. The molecule has 1 saturated carbocycles. The van der Waals surface area contributed by atoms with Crippen LogP contribution in [0.2, 0.25) is 0 Å². The lowest BCUT2D eigenvalue weighted by Gasteiger charge is -2.37. The number of nitrogens with one attached hydrogen (secondary N) is 1. The van der Waals surface area contributed by atoms with Gasteiger partial charge in [-0.2, -0.15) is 0 Å². The summed E-state index contributed by atoms with van der Waals surface area (Å²) in [7, 11) is 0. The van der Waals surface area contributed by atoms with E-state index >= 15 is 0 Å². The van der Waals surface area contributed by atoms with Crippen LogP contribution in [0.25, 0.3) is 5.65 Å². The fourth-order valence-electron chi connectivity index (χ4n) is 3.74. The first-order chi connectivity index (χ1) is 11.6. The quantitative estimate of drug-likeness (QED) is 0.938. The standard InChI is InChI=1S/C19H26N4O/c1-13-5-8-23-16(11-21-18(23)9-13)10-20-17-6-7-22(12-14(17)2)19(24)15-3-4-15/h5,8-9,11,14-15,17,20H,3-4,6-7,10,12H2,1-2H3/t14-,17-/m1/s1. The van der Waals surface area contributed by atoms with Gasteiger partial charge in [0.15, 0.2) is 0 Å². The highest BCUT2D eigenvalue weighted by atomic mass is 16.2. The molecule has 2 aromatic rings. The normalized spacial score (nSPS) is 24.5. The van der Waals surface area contributed by atoms with E-state index in [1.807, 2.05) is 6.20 Å². The molecule has 1 N–H and O–H groups in total. The third-order valence-corrected chi connectivity index (χ3v) is 5.43. The molecule has 1 amide bonds. The van der Waals surface area contributed by atoms with Crippen molar-refractivity contribution in [3.8, 4) is 0 Å². The number of carbonyl (C=O) groups is 1. The first-order valence-corrected chi connectivity index (χ1v) is 9.06. The summed E-state index contributed by atoms with van der Waals surface area (Å²) >= 11 is 0. The number of pyridine rings is 1. The molecule has 24 heavy (non-hydrogen) atoms. The molecule has 2 aliphatic rings. The molecule has 0 aromatic carbocycles. The second-order valence-corrected chi connectivity index (χ2v) is 7.49. The summed E-state index contributed by atoms with van der Waals surface area (Å²) in [5, 5.41) is 3.69. The van der Waals surface area contributed by atoms with Gasteiger partial charge in [-0.3, -0.25) is 4.79 Å². The number of fused-ring (bicyclic) bond motifs is 1. The van der Waals surface area contributed by atoms with Gasteiger partial charge in [-0.05, 0) is 49.8 Å². The maximum atomic E-state index is 12.2. The molecule has 2 aromatic heterocycles. The van der Waals surface area contributed by atoms with Crippen LogP contribution in [0.1, 0.15) is 37.4 Å². The highest BCUT2D eigenvalue weighted by Gasteiger charge is 2.36. The number of rotatable bonds is 4. The maximum absolute atomic E-state index is 12.2. The Balaban J connectivity index is 1.36. The highest BCUT2D eigenvalue weighted by molar-refractivity contribution is 5.81. The molecule has 2 fully saturated rings. The number of aromatic nitrogens is 2. The molecule has 1 aliphatic carbocycles. The SMILES string of the molecule is Cc1ccn2c(CN[C@@H]3CCN(C(=O)C4CC4)C[C@H]3C)cnc2c1. The van der Waals surface area contributed by atoms with Crippen molar-refractivity contribution in [3.05, 3.63) is 35.8 Å². The average molecular weight is 326 g/mol. The highest BCUT2D eigenvalue weighted by Crippen LogP contribution is 2.32. The Morgan fingerprint density at radius 3 is 2.96 bits per heavy atom. The van der Waals surface area contributed by atoms with Gasteiger partial charge in [0.05, 0.1) is 11.9 Å². The lowest BCUT2D eigenvalue weighted by molar-refractivity contribution is -0.134. The minimum Gasteiger partial charge on any atom is -0.342 e. The van der Waals surface area contributed by atoms with Gasteiger partial charge in [0.2, 0.25) is 5.91 Å². The fourth-order valence-corrected chi connectivity index (χ4v) is 3.74. The minimum absolute atomic E-state index is 0.336. The molecule has 3 heterocycles. The van der Waals surface area contributed by atoms with E-state index < -0.39 is 0 Å². The molecule has 0 spiro atoms. The number of hydrogen-bond acceptors (Lipinski definition) is 3. The first kappa shape index (κ1) is 15.6. The molecule has 5 heteroatoms. The van der Waals surface area contributed by atoms with Crippen molar-refractivity contribution in [1.29, 1.82) is 0 Å². The summed E-state index contributed by atoms with van der Waals surface area (Å²) in [6, 6.07) is 4.68. The average Bonchev–Trinajstić information content (AvgIpc) is 3.35. The zero-order valence-corrected chi connectivity index (χ0v) is 14.5. The van der Waals surface area contributed by atoms with Crippen LogP contribution >= 0.6 is 0 Å². The Bertz CT molecular complexity index is 749. The Labute approximate surface area is 143 Å². The van der Waals surface area contributed by atoms with Crippen molar-refractivity contribution in [3.63, 3.8) is 0 Å². The van der Waals surface area contributed by atoms with Gasteiger partial charge >= 0.3 is 0 Å². The van der Waals surface area contributed by atoms with Crippen LogP contribution in [0, 0.1) is 18.8 Å². The van der Waals surface area contributed by atoms with Gasteiger partial charge in [-0.1, -0.05) is 6.92 Å². The lowest BCUT2D eigenvalue weighted by Crippen LogP contribution is -2.50. The van der Waals surface area contributed by atoms with Crippen molar-refractivity contribution in [2.75, 3.05) is 13.1 Å². The van der Waals surface area contributed by atoms with Gasteiger partial charge in [0.25, 0.3) is 0 Å². The molecule has 2 atom stereocenters. The predicted molar refractivity (Wildman–Crippen MR) is 93.6 cm³/mol. The second kappa shape index (κ2) is 6.20. The van der Waals surface area contributed by atoms with E-state index in [0.29, 0.717) is 23.8 Å². The van der Waals surface area contributed by atoms with Crippen LogP contribution in [-0.4, -0.2) is 39.3 Å². The van der Waals surface area contributed by atoms with Crippen molar-refractivity contribution in [2.24, 2.45) is 11.8 Å². The van der Waals surface area contributed by atoms with Gasteiger partial charge in [-0.25, -0.2) is 4.98 Å². The molecule has 1 saturated heterocycles. The fraction of sp³-hybridized carbons (Fsp3) is 0.579. The summed E-state index contributed by atoms with van der Waals surface area (Å²) in [5.41, 5.74) is 3.42. The Hall–Kier alpha value is -1.88. The van der Waals surface area contributed by atoms with Crippen LogP contribution in [0.4, 0.5) is 0 Å². The summed E-state index contributed by atoms with van der Waals surface area (Å²) in [6.07, 6.45) is 7.28. The van der Waals surface area contributed by atoms with E-state index in [9.17, 15) is 4.79 Å². The largest absolute Gasteiger partial charge is 0.342 e. The van der Waals surface area contributed by atoms with E-state index in [0.717, 1.165) is 44.5 Å². The number of aryl methyl sites for hydroxylation is 1. The Morgan fingerprint density at radius 2 is 2.21 bits per heavy atom. The number of likely N-dealkylation sites (tertiary alicyclic amines) is 1. The third-order valence-electron chi connectivity index (χ3n) is 5.43. The number of carbonyl (C=O) groups excluding carboxylic acids is 1. The topological polar surface area (TPSA) is 49.6 Å².